The van der Waals surface area contributed by atoms with E-state index in [4.69, 9.17) is 5.73 Å². The second-order valence-corrected chi connectivity index (χ2v) is 5.29. The Morgan fingerprint density at radius 2 is 2.05 bits per heavy atom. The van der Waals surface area contributed by atoms with Gasteiger partial charge in [-0.2, -0.15) is 5.10 Å². The second-order valence-electron chi connectivity index (χ2n) is 5.29. The van der Waals surface area contributed by atoms with Crippen molar-refractivity contribution in [2.24, 2.45) is 5.73 Å². The standard InChI is InChI=1S/C16H22FN3/c1-4-16(18,13-7-6-8-14(17)10-13)11-15-9-12(3)19-20(15)5-2/h6-10H,4-5,11,18H2,1-3H3. The van der Waals surface area contributed by atoms with Gasteiger partial charge in [-0.1, -0.05) is 19.1 Å². The Morgan fingerprint density at radius 1 is 1.30 bits per heavy atom. The average molecular weight is 275 g/mol. The molecule has 0 spiro atoms. The Bertz CT molecular complexity index is 591. The molecule has 0 saturated carbocycles. The van der Waals surface area contributed by atoms with E-state index in [2.05, 4.69) is 18.1 Å². The van der Waals surface area contributed by atoms with Gasteiger partial charge in [0.2, 0.25) is 0 Å². The minimum Gasteiger partial charge on any atom is -0.321 e. The summed E-state index contributed by atoms with van der Waals surface area (Å²) < 4.78 is 15.4. The van der Waals surface area contributed by atoms with E-state index >= 15 is 0 Å². The summed E-state index contributed by atoms with van der Waals surface area (Å²) in [6.45, 7) is 6.88. The Hall–Kier alpha value is -1.68. The second kappa shape index (κ2) is 5.75. The van der Waals surface area contributed by atoms with E-state index in [1.54, 1.807) is 6.07 Å². The summed E-state index contributed by atoms with van der Waals surface area (Å²) in [6, 6.07) is 8.64. The fraction of sp³-hybridized carbons (Fsp3) is 0.438. The summed E-state index contributed by atoms with van der Waals surface area (Å²) in [7, 11) is 0. The zero-order chi connectivity index (χ0) is 14.8. The highest BCUT2D eigenvalue weighted by Crippen LogP contribution is 2.27. The summed E-state index contributed by atoms with van der Waals surface area (Å²) in [5, 5.41) is 4.45. The van der Waals surface area contributed by atoms with Crippen LogP contribution >= 0.6 is 0 Å². The molecule has 1 aromatic carbocycles. The highest BCUT2D eigenvalue weighted by molar-refractivity contribution is 5.27. The van der Waals surface area contributed by atoms with Crippen LogP contribution in [0.4, 0.5) is 4.39 Å². The fourth-order valence-electron chi connectivity index (χ4n) is 2.57. The molecule has 108 valence electrons. The Labute approximate surface area is 119 Å². The van der Waals surface area contributed by atoms with Gasteiger partial charge in [0.25, 0.3) is 0 Å². The van der Waals surface area contributed by atoms with Crippen molar-refractivity contribution in [3.63, 3.8) is 0 Å². The van der Waals surface area contributed by atoms with Gasteiger partial charge < -0.3 is 5.73 Å². The van der Waals surface area contributed by atoms with Crippen LogP contribution in [0.2, 0.25) is 0 Å². The summed E-state index contributed by atoms with van der Waals surface area (Å²) in [5.41, 5.74) is 8.89. The van der Waals surface area contributed by atoms with Crippen LogP contribution in [0, 0.1) is 12.7 Å². The lowest BCUT2D eigenvalue weighted by molar-refractivity contribution is 0.406. The highest BCUT2D eigenvalue weighted by atomic mass is 19.1. The molecule has 2 aromatic rings. The number of rotatable bonds is 5. The maximum absolute atomic E-state index is 13.4. The van der Waals surface area contributed by atoms with Gasteiger partial charge in [0.05, 0.1) is 5.69 Å². The average Bonchev–Trinajstić information content (AvgIpc) is 2.78. The molecule has 0 bridgehead atoms. The molecule has 1 unspecified atom stereocenters. The SMILES string of the molecule is CCn1nc(C)cc1CC(N)(CC)c1cccc(F)c1. The zero-order valence-corrected chi connectivity index (χ0v) is 12.4. The van der Waals surface area contributed by atoms with Crippen molar-refractivity contribution < 1.29 is 4.39 Å². The number of halogens is 1. The summed E-state index contributed by atoms with van der Waals surface area (Å²) >= 11 is 0. The van der Waals surface area contributed by atoms with Gasteiger partial charge in [-0.3, -0.25) is 4.68 Å². The topological polar surface area (TPSA) is 43.8 Å². The third kappa shape index (κ3) is 2.90. The monoisotopic (exact) mass is 275 g/mol. The van der Waals surface area contributed by atoms with Crippen molar-refractivity contribution in [2.75, 3.05) is 0 Å². The summed E-state index contributed by atoms with van der Waals surface area (Å²) in [4.78, 5) is 0. The molecule has 2 N–H and O–H groups in total. The molecule has 3 nitrogen and oxygen atoms in total. The van der Waals surface area contributed by atoms with Crippen LogP contribution in [0.5, 0.6) is 0 Å². The third-order valence-electron chi connectivity index (χ3n) is 3.81. The maximum Gasteiger partial charge on any atom is 0.123 e. The van der Waals surface area contributed by atoms with Crippen LogP contribution in [0.1, 0.15) is 37.2 Å². The molecule has 4 heteroatoms. The summed E-state index contributed by atoms with van der Waals surface area (Å²) in [6.07, 6.45) is 1.39. The predicted molar refractivity (Wildman–Crippen MR) is 78.9 cm³/mol. The Balaban J connectivity index is 2.36. The molecule has 20 heavy (non-hydrogen) atoms. The van der Waals surface area contributed by atoms with Crippen molar-refractivity contribution in [1.82, 2.24) is 9.78 Å². The first-order valence-electron chi connectivity index (χ1n) is 7.06. The molecule has 2 rings (SSSR count). The molecular weight excluding hydrogens is 253 g/mol. The van der Waals surface area contributed by atoms with Crippen LogP contribution in [0.3, 0.4) is 0 Å². The predicted octanol–water partition coefficient (Wildman–Crippen LogP) is 3.16. The van der Waals surface area contributed by atoms with Crippen LogP contribution in [-0.4, -0.2) is 9.78 Å². The fourth-order valence-corrected chi connectivity index (χ4v) is 2.57. The number of aromatic nitrogens is 2. The summed E-state index contributed by atoms with van der Waals surface area (Å²) in [5.74, 6) is -0.244. The molecule has 1 heterocycles. The number of aryl methyl sites for hydroxylation is 2. The Kier molecular flexibility index (Phi) is 4.23. The normalized spacial score (nSPS) is 14.2. The van der Waals surface area contributed by atoms with Crippen molar-refractivity contribution >= 4 is 0 Å². The van der Waals surface area contributed by atoms with Gasteiger partial charge in [0.1, 0.15) is 5.82 Å². The zero-order valence-electron chi connectivity index (χ0n) is 12.4. The van der Waals surface area contributed by atoms with E-state index < -0.39 is 5.54 Å². The van der Waals surface area contributed by atoms with Crippen LogP contribution in [0.15, 0.2) is 30.3 Å². The quantitative estimate of drug-likeness (QED) is 0.911. The van der Waals surface area contributed by atoms with E-state index in [9.17, 15) is 4.39 Å². The van der Waals surface area contributed by atoms with Crippen molar-refractivity contribution in [3.8, 4) is 0 Å². The molecule has 0 aliphatic carbocycles. The van der Waals surface area contributed by atoms with E-state index in [-0.39, 0.29) is 5.82 Å². The van der Waals surface area contributed by atoms with Crippen molar-refractivity contribution in [1.29, 1.82) is 0 Å². The third-order valence-corrected chi connectivity index (χ3v) is 3.81. The van der Waals surface area contributed by atoms with Gasteiger partial charge in [-0.25, -0.2) is 4.39 Å². The lowest BCUT2D eigenvalue weighted by Gasteiger charge is -2.29. The van der Waals surface area contributed by atoms with Gasteiger partial charge in [-0.15, -0.1) is 0 Å². The first-order valence-corrected chi connectivity index (χ1v) is 7.06. The Morgan fingerprint density at radius 3 is 2.65 bits per heavy atom. The van der Waals surface area contributed by atoms with Crippen LogP contribution in [0.25, 0.3) is 0 Å². The number of nitrogens with two attached hydrogens (primary N) is 1. The van der Waals surface area contributed by atoms with Gasteiger partial charge >= 0.3 is 0 Å². The molecule has 1 atom stereocenters. The molecule has 0 amide bonds. The first kappa shape index (κ1) is 14.7. The number of benzene rings is 1. The van der Waals surface area contributed by atoms with Gasteiger partial charge in [0.15, 0.2) is 0 Å². The lowest BCUT2D eigenvalue weighted by Crippen LogP contribution is -2.39. The largest absolute Gasteiger partial charge is 0.321 e. The van der Waals surface area contributed by atoms with Crippen molar-refractivity contribution in [2.45, 2.75) is 45.7 Å². The van der Waals surface area contributed by atoms with E-state index in [0.29, 0.717) is 6.42 Å². The number of nitrogens with zero attached hydrogens (tertiary/aromatic N) is 2. The minimum absolute atomic E-state index is 0.244. The molecule has 1 aromatic heterocycles. The molecule has 0 radical (unpaired) electrons. The number of hydrogen-bond donors (Lipinski definition) is 1. The first-order chi connectivity index (χ1) is 9.48. The molecule has 0 saturated heterocycles. The number of hydrogen-bond acceptors (Lipinski definition) is 2. The molecule has 0 fully saturated rings. The van der Waals surface area contributed by atoms with E-state index in [0.717, 1.165) is 29.9 Å². The minimum atomic E-state index is -0.568. The van der Waals surface area contributed by atoms with Crippen LogP contribution in [-0.2, 0) is 18.5 Å². The molecule has 0 aliphatic rings. The van der Waals surface area contributed by atoms with Crippen molar-refractivity contribution in [3.05, 3.63) is 53.1 Å². The van der Waals surface area contributed by atoms with Gasteiger partial charge in [-0.05, 0) is 44.0 Å². The maximum atomic E-state index is 13.4. The van der Waals surface area contributed by atoms with E-state index in [1.807, 2.05) is 24.6 Å². The smallest absolute Gasteiger partial charge is 0.123 e. The lowest BCUT2D eigenvalue weighted by atomic mass is 9.84. The molecular formula is C16H22FN3. The van der Waals surface area contributed by atoms with E-state index in [1.165, 1.54) is 12.1 Å². The highest BCUT2D eigenvalue weighted by Gasteiger charge is 2.27. The van der Waals surface area contributed by atoms with Crippen LogP contribution < -0.4 is 5.73 Å². The van der Waals surface area contributed by atoms with Gasteiger partial charge in [0, 0.05) is 24.2 Å². The molecule has 0 aliphatic heterocycles.